The van der Waals surface area contributed by atoms with Crippen molar-refractivity contribution in [1.82, 2.24) is 10.2 Å². The molecule has 1 unspecified atom stereocenters. The van der Waals surface area contributed by atoms with Gasteiger partial charge in [-0.15, -0.1) is 11.8 Å². The molecule has 82 valence electrons. The predicted octanol–water partition coefficient (Wildman–Crippen LogP) is 0.950. The molecule has 14 heavy (non-hydrogen) atoms. The number of amides is 1. The van der Waals surface area contributed by atoms with Crippen LogP contribution >= 0.6 is 11.8 Å². The fourth-order valence-electron chi connectivity index (χ4n) is 1.73. The second-order valence-electron chi connectivity index (χ2n) is 4.01. The summed E-state index contributed by atoms with van der Waals surface area (Å²) in [5, 5.41) is 3.06. The van der Waals surface area contributed by atoms with E-state index in [1.807, 2.05) is 19.0 Å². The summed E-state index contributed by atoms with van der Waals surface area (Å²) in [4.78, 5) is 13.9. The van der Waals surface area contributed by atoms with Gasteiger partial charge in [0.2, 0.25) is 5.91 Å². The third-order valence-electron chi connectivity index (χ3n) is 2.72. The molecule has 1 aliphatic rings. The highest BCUT2D eigenvalue weighted by Gasteiger charge is 2.38. The zero-order valence-electron chi connectivity index (χ0n) is 9.30. The van der Waals surface area contributed by atoms with E-state index in [-0.39, 0.29) is 10.7 Å². The van der Waals surface area contributed by atoms with Crippen LogP contribution in [0.1, 0.15) is 19.8 Å². The number of carbonyl (C=O) groups excluding carboxylic acids is 1. The summed E-state index contributed by atoms with van der Waals surface area (Å²) >= 11 is 1.80. The molecule has 1 heterocycles. The summed E-state index contributed by atoms with van der Waals surface area (Å²) in [6, 6.07) is 0. The molecule has 1 rings (SSSR count). The third-order valence-corrected chi connectivity index (χ3v) is 4.22. The topological polar surface area (TPSA) is 32.3 Å². The SMILES string of the molecule is CNCCN(C)C(=O)C1(C)CCCS1. The van der Waals surface area contributed by atoms with Crippen molar-refractivity contribution in [3.8, 4) is 0 Å². The van der Waals surface area contributed by atoms with E-state index in [9.17, 15) is 4.79 Å². The fraction of sp³-hybridized carbons (Fsp3) is 0.900. The molecule has 0 radical (unpaired) electrons. The van der Waals surface area contributed by atoms with Gasteiger partial charge in [-0.05, 0) is 32.6 Å². The number of likely N-dealkylation sites (N-methyl/N-ethyl adjacent to an activating group) is 2. The number of nitrogens with zero attached hydrogens (tertiary/aromatic N) is 1. The Balaban J connectivity index is 2.46. The summed E-state index contributed by atoms with van der Waals surface area (Å²) in [5.74, 6) is 1.41. The quantitative estimate of drug-likeness (QED) is 0.759. The first kappa shape index (κ1) is 11.9. The van der Waals surface area contributed by atoms with E-state index in [1.165, 1.54) is 6.42 Å². The lowest BCUT2D eigenvalue weighted by atomic mass is 10.0. The monoisotopic (exact) mass is 216 g/mol. The van der Waals surface area contributed by atoms with Gasteiger partial charge in [-0.25, -0.2) is 0 Å². The number of hydrogen-bond donors (Lipinski definition) is 1. The first-order chi connectivity index (χ1) is 6.60. The van der Waals surface area contributed by atoms with Crippen molar-refractivity contribution in [1.29, 1.82) is 0 Å². The van der Waals surface area contributed by atoms with E-state index in [4.69, 9.17) is 0 Å². The van der Waals surface area contributed by atoms with Crippen LogP contribution in [-0.4, -0.2) is 48.5 Å². The average Bonchev–Trinajstić information content (AvgIpc) is 2.61. The first-order valence-corrected chi connectivity index (χ1v) is 6.13. The van der Waals surface area contributed by atoms with Gasteiger partial charge in [-0.2, -0.15) is 0 Å². The van der Waals surface area contributed by atoms with Crippen molar-refractivity contribution in [2.24, 2.45) is 0 Å². The maximum absolute atomic E-state index is 12.1. The van der Waals surface area contributed by atoms with Crippen molar-refractivity contribution in [2.45, 2.75) is 24.5 Å². The van der Waals surface area contributed by atoms with Gasteiger partial charge in [-0.3, -0.25) is 4.79 Å². The molecule has 1 atom stereocenters. The van der Waals surface area contributed by atoms with E-state index in [1.54, 1.807) is 11.8 Å². The Hall–Kier alpha value is -0.220. The highest BCUT2D eigenvalue weighted by atomic mass is 32.2. The smallest absolute Gasteiger partial charge is 0.238 e. The molecule has 1 saturated heterocycles. The Kier molecular flexibility index (Phi) is 4.26. The van der Waals surface area contributed by atoms with Gasteiger partial charge >= 0.3 is 0 Å². The number of rotatable bonds is 4. The molecule has 1 aliphatic heterocycles. The van der Waals surface area contributed by atoms with Gasteiger partial charge in [0.1, 0.15) is 0 Å². The van der Waals surface area contributed by atoms with Crippen LogP contribution in [0.15, 0.2) is 0 Å². The maximum atomic E-state index is 12.1. The summed E-state index contributed by atoms with van der Waals surface area (Å²) in [6.07, 6.45) is 2.20. The van der Waals surface area contributed by atoms with Gasteiger partial charge in [-0.1, -0.05) is 0 Å². The molecule has 1 amide bonds. The molecule has 0 spiro atoms. The van der Waals surface area contributed by atoms with Crippen LogP contribution in [0.5, 0.6) is 0 Å². The summed E-state index contributed by atoms with van der Waals surface area (Å²) < 4.78 is -0.150. The summed E-state index contributed by atoms with van der Waals surface area (Å²) in [6.45, 7) is 3.73. The number of hydrogen-bond acceptors (Lipinski definition) is 3. The Bertz CT molecular complexity index is 202. The van der Waals surface area contributed by atoms with Crippen molar-refractivity contribution in [3.63, 3.8) is 0 Å². The van der Waals surface area contributed by atoms with Crippen LogP contribution in [0.3, 0.4) is 0 Å². The number of carbonyl (C=O) groups is 1. The van der Waals surface area contributed by atoms with Gasteiger partial charge in [0.25, 0.3) is 0 Å². The van der Waals surface area contributed by atoms with Crippen LogP contribution < -0.4 is 5.32 Å². The van der Waals surface area contributed by atoms with Crippen molar-refractivity contribution < 1.29 is 4.79 Å². The lowest BCUT2D eigenvalue weighted by Crippen LogP contribution is -2.43. The molecular weight excluding hydrogens is 196 g/mol. The lowest BCUT2D eigenvalue weighted by Gasteiger charge is -2.28. The molecule has 0 aromatic rings. The van der Waals surface area contributed by atoms with Gasteiger partial charge in [0, 0.05) is 20.1 Å². The minimum absolute atomic E-state index is 0.150. The van der Waals surface area contributed by atoms with E-state index < -0.39 is 0 Å². The van der Waals surface area contributed by atoms with Gasteiger partial charge in [0.15, 0.2) is 0 Å². The van der Waals surface area contributed by atoms with Crippen LogP contribution in [0.2, 0.25) is 0 Å². The van der Waals surface area contributed by atoms with Crippen LogP contribution in [0, 0.1) is 0 Å². The second kappa shape index (κ2) is 5.03. The first-order valence-electron chi connectivity index (χ1n) is 5.14. The molecule has 4 heteroatoms. The van der Waals surface area contributed by atoms with E-state index >= 15 is 0 Å². The Morgan fingerprint density at radius 3 is 2.86 bits per heavy atom. The van der Waals surface area contributed by atoms with Crippen LogP contribution in [-0.2, 0) is 4.79 Å². The molecule has 0 saturated carbocycles. The molecule has 0 aromatic heterocycles. The van der Waals surface area contributed by atoms with Gasteiger partial charge < -0.3 is 10.2 Å². The molecule has 1 N–H and O–H groups in total. The molecule has 0 aromatic carbocycles. The van der Waals surface area contributed by atoms with Crippen molar-refractivity contribution in [3.05, 3.63) is 0 Å². The minimum Gasteiger partial charge on any atom is -0.343 e. The number of thioether (sulfide) groups is 1. The van der Waals surface area contributed by atoms with Gasteiger partial charge in [0.05, 0.1) is 4.75 Å². The lowest BCUT2D eigenvalue weighted by molar-refractivity contribution is -0.132. The molecule has 3 nitrogen and oxygen atoms in total. The predicted molar refractivity (Wildman–Crippen MR) is 61.7 cm³/mol. The van der Waals surface area contributed by atoms with E-state index in [0.29, 0.717) is 0 Å². The maximum Gasteiger partial charge on any atom is 0.238 e. The van der Waals surface area contributed by atoms with Crippen LogP contribution in [0.4, 0.5) is 0 Å². The zero-order chi connectivity index (χ0) is 10.6. The highest BCUT2D eigenvalue weighted by molar-refractivity contribution is 8.01. The second-order valence-corrected chi connectivity index (χ2v) is 5.61. The normalized spacial score (nSPS) is 26.5. The molecular formula is C10H20N2OS. The van der Waals surface area contributed by atoms with Crippen LogP contribution in [0.25, 0.3) is 0 Å². The van der Waals surface area contributed by atoms with Crippen molar-refractivity contribution in [2.75, 3.05) is 32.9 Å². The third kappa shape index (κ3) is 2.64. The Morgan fingerprint density at radius 1 is 1.64 bits per heavy atom. The molecule has 0 bridgehead atoms. The van der Waals surface area contributed by atoms with Crippen molar-refractivity contribution >= 4 is 17.7 Å². The molecule has 0 aliphatic carbocycles. The number of nitrogens with one attached hydrogen (secondary N) is 1. The average molecular weight is 216 g/mol. The zero-order valence-corrected chi connectivity index (χ0v) is 10.1. The Labute approximate surface area is 90.6 Å². The highest BCUT2D eigenvalue weighted by Crippen LogP contribution is 2.38. The molecule has 1 fully saturated rings. The standard InChI is InChI=1S/C10H20N2OS/c1-10(5-4-8-14-10)9(13)12(3)7-6-11-2/h11H,4-8H2,1-3H3. The fourth-order valence-corrected chi connectivity index (χ4v) is 3.04. The van der Waals surface area contributed by atoms with E-state index in [0.717, 1.165) is 25.3 Å². The van der Waals surface area contributed by atoms with E-state index in [2.05, 4.69) is 12.2 Å². The summed E-state index contributed by atoms with van der Waals surface area (Å²) in [5.41, 5.74) is 0. The Morgan fingerprint density at radius 2 is 2.36 bits per heavy atom. The summed E-state index contributed by atoms with van der Waals surface area (Å²) in [7, 11) is 3.80. The minimum atomic E-state index is -0.150. The largest absolute Gasteiger partial charge is 0.343 e.